The van der Waals surface area contributed by atoms with Crippen LogP contribution in [0.15, 0.2) is 11.0 Å². The van der Waals surface area contributed by atoms with Crippen molar-refractivity contribution >= 4 is 5.65 Å². The van der Waals surface area contributed by atoms with E-state index in [0.29, 0.717) is 17.1 Å². The Balaban J connectivity index is 2.41. The molecule has 2 aromatic heterocycles. The van der Waals surface area contributed by atoms with E-state index in [4.69, 9.17) is 5.26 Å². The second-order valence-electron chi connectivity index (χ2n) is 4.17. The summed E-state index contributed by atoms with van der Waals surface area (Å²) in [4.78, 5) is 15.2. The molecule has 80 valence electrons. The van der Waals surface area contributed by atoms with Crippen LogP contribution in [-0.2, 0) is 0 Å². The van der Waals surface area contributed by atoms with Crippen molar-refractivity contribution in [1.82, 2.24) is 14.6 Å². The quantitative estimate of drug-likeness (QED) is 0.771. The standard InChI is InChI=1S/C11H10N4O/c1-6-9(7-2-3-7)11(16)15-10(14-6)8(4-12)5-13-15/h5,7,14H,2-3H2,1H3. The van der Waals surface area contributed by atoms with Crippen LogP contribution in [0.2, 0.25) is 0 Å². The van der Waals surface area contributed by atoms with Gasteiger partial charge in [-0.1, -0.05) is 0 Å². The van der Waals surface area contributed by atoms with Crippen molar-refractivity contribution in [3.63, 3.8) is 0 Å². The van der Waals surface area contributed by atoms with E-state index in [1.165, 1.54) is 10.7 Å². The summed E-state index contributed by atoms with van der Waals surface area (Å²) in [5, 5.41) is 12.8. The van der Waals surface area contributed by atoms with Crippen LogP contribution < -0.4 is 5.56 Å². The monoisotopic (exact) mass is 214 g/mol. The number of hydrogen-bond acceptors (Lipinski definition) is 3. The highest BCUT2D eigenvalue weighted by Crippen LogP contribution is 2.39. The second kappa shape index (κ2) is 2.95. The van der Waals surface area contributed by atoms with Crippen LogP contribution >= 0.6 is 0 Å². The van der Waals surface area contributed by atoms with E-state index in [1.54, 1.807) is 0 Å². The third-order valence-corrected chi connectivity index (χ3v) is 3.01. The highest BCUT2D eigenvalue weighted by Gasteiger charge is 2.29. The number of nitrogens with one attached hydrogen (secondary N) is 1. The van der Waals surface area contributed by atoms with Crippen molar-refractivity contribution < 1.29 is 0 Å². The highest BCUT2D eigenvalue weighted by atomic mass is 16.1. The van der Waals surface area contributed by atoms with Crippen LogP contribution in [0.25, 0.3) is 5.65 Å². The first kappa shape index (κ1) is 9.16. The normalized spacial score (nSPS) is 15.2. The number of aromatic amines is 1. The van der Waals surface area contributed by atoms with Crippen molar-refractivity contribution in [2.45, 2.75) is 25.7 Å². The minimum Gasteiger partial charge on any atom is -0.342 e. The summed E-state index contributed by atoms with van der Waals surface area (Å²) < 4.78 is 1.29. The Hall–Kier alpha value is -2.09. The fourth-order valence-electron chi connectivity index (χ4n) is 2.08. The largest absolute Gasteiger partial charge is 0.342 e. The molecule has 1 fully saturated rings. The first-order valence-electron chi connectivity index (χ1n) is 5.23. The maximum absolute atomic E-state index is 12.1. The summed E-state index contributed by atoms with van der Waals surface area (Å²) in [5.41, 5.74) is 2.49. The first-order chi connectivity index (χ1) is 7.72. The lowest BCUT2D eigenvalue weighted by Gasteiger charge is -2.04. The summed E-state index contributed by atoms with van der Waals surface area (Å²) in [5.74, 6) is 0.378. The summed E-state index contributed by atoms with van der Waals surface area (Å²) in [6.45, 7) is 1.88. The molecule has 0 amide bonds. The molecule has 0 unspecified atom stereocenters. The van der Waals surface area contributed by atoms with Gasteiger partial charge in [0.15, 0.2) is 5.65 Å². The van der Waals surface area contributed by atoms with E-state index < -0.39 is 0 Å². The molecule has 5 heteroatoms. The first-order valence-corrected chi connectivity index (χ1v) is 5.23. The molecule has 0 saturated heterocycles. The van der Waals surface area contributed by atoms with Gasteiger partial charge in [0.1, 0.15) is 11.6 Å². The van der Waals surface area contributed by atoms with E-state index >= 15 is 0 Å². The SMILES string of the molecule is Cc1[nH]c2c(C#N)cnn2c(=O)c1C1CC1. The molecule has 0 aromatic carbocycles. The minimum absolute atomic E-state index is 0.0877. The highest BCUT2D eigenvalue weighted by molar-refractivity contribution is 5.54. The summed E-state index contributed by atoms with van der Waals surface area (Å²) >= 11 is 0. The van der Waals surface area contributed by atoms with Gasteiger partial charge in [-0.15, -0.1) is 0 Å². The topological polar surface area (TPSA) is 73.9 Å². The van der Waals surface area contributed by atoms with E-state index in [9.17, 15) is 4.79 Å². The molecule has 2 aromatic rings. The minimum atomic E-state index is -0.0877. The van der Waals surface area contributed by atoms with Crippen molar-refractivity contribution in [3.8, 4) is 6.07 Å². The van der Waals surface area contributed by atoms with Crippen LogP contribution in [-0.4, -0.2) is 14.6 Å². The molecule has 5 nitrogen and oxygen atoms in total. The summed E-state index contributed by atoms with van der Waals surface area (Å²) in [6, 6.07) is 2.02. The van der Waals surface area contributed by atoms with Gasteiger partial charge in [0.25, 0.3) is 5.56 Å². The number of rotatable bonds is 1. The lowest BCUT2D eigenvalue weighted by molar-refractivity contribution is 0.849. The van der Waals surface area contributed by atoms with E-state index in [-0.39, 0.29) is 5.56 Å². The third-order valence-electron chi connectivity index (χ3n) is 3.01. The van der Waals surface area contributed by atoms with Crippen LogP contribution in [0.4, 0.5) is 0 Å². The molecule has 1 aliphatic carbocycles. The average Bonchev–Trinajstić information content (AvgIpc) is 2.99. The van der Waals surface area contributed by atoms with Gasteiger partial charge < -0.3 is 4.98 Å². The van der Waals surface area contributed by atoms with Gasteiger partial charge in [-0.3, -0.25) is 4.79 Å². The predicted octanol–water partition coefficient (Wildman–Crippen LogP) is 1.08. The van der Waals surface area contributed by atoms with Gasteiger partial charge in [0.2, 0.25) is 0 Å². The zero-order chi connectivity index (χ0) is 11.3. The zero-order valence-corrected chi connectivity index (χ0v) is 8.82. The smallest absolute Gasteiger partial charge is 0.278 e. The van der Waals surface area contributed by atoms with Gasteiger partial charge in [0, 0.05) is 11.3 Å². The molecule has 0 spiro atoms. The number of aromatic nitrogens is 3. The lowest BCUT2D eigenvalue weighted by atomic mass is 10.1. The van der Waals surface area contributed by atoms with Crippen LogP contribution in [0.3, 0.4) is 0 Å². The number of aryl methyl sites for hydroxylation is 1. The lowest BCUT2D eigenvalue weighted by Crippen LogP contribution is -2.21. The molecule has 1 saturated carbocycles. The van der Waals surface area contributed by atoms with Gasteiger partial charge in [-0.2, -0.15) is 14.9 Å². The number of nitrogens with zero attached hydrogens (tertiary/aromatic N) is 3. The predicted molar refractivity (Wildman–Crippen MR) is 57.2 cm³/mol. The Labute approximate surface area is 91.3 Å². The molecule has 3 rings (SSSR count). The Kier molecular flexibility index (Phi) is 1.69. The molecule has 1 aliphatic rings. The summed E-state index contributed by atoms with van der Waals surface area (Å²) in [6.07, 6.45) is 3.56. The van der Waals surface area contributed by atoms with Gasteiger partial charge >= 0.3 is 0 Å². The Morgan fingerprint density at radius 2 is 2.38 bits per heavy atom. The van der Waals surface area contributed by atoms with Gasteiger partial charge in [0.05, 0.1) is 6.20 Å². The fraction of sp³-hybridized carbons (Fsp3) is 0.364. The molecule has 16 heavy (non-hydrogen) atoms. The van der Waals surface area contributed by atoms with Crippen LogP contribution in [0.1, 0.15) is 35.6 Å². The second-order valence-corrected chi connectivity index (χ2v) is 4.17. The maximum atomic E-state index is 12.1. The Morgan fingerprint density at radius 1 is 1.62 bits per heavy atom. The fourth-order valence-corrected chi connectivity index (χ4v) is 2.08. The zero-order valence-electron chi connectivity index (χ0n) is 8.82. The van der Waals surface area contributed by atoms with Crippen molar-refractivity contribution in [3.05, 3.63) is 33.4 Å². The number of hydrogen-bond donors (Lipinski definition) is 1. The van der Waals surface area contributed by atoms with E-state index in [2.05, 4.69) is 10.1 Å². The van der Waals surface area contributed by atoms with Crippen LogP contribution in [0, 0.1) is 18.3 Å². The molecule has 0 atom stereocenters. The molecule has 1 N–H and O–H groups in total. The molecule has 2 heterocycles. The molecule has 0 bridgehead atoms. The van der Waals surface area contributed by atoms with Gasteiger partial charge in [-0.05, 0) is 25.7 Å². The third kappa shape index (κ3) is 1.10. The van der Waals surface area contributed by atoms with Crippen molar-refractivity contribution in [1.29, 1.82) is 5.26 Å². The molecule has 0 radical (unpaired) electrons. The Bertz CT molecular complexity index is 670. The van der Waals surface area contributed by atoms with E-state index in [1.807, 2.05) is 13.0 Å². The van der Waals surface area contributed by atoms with Gasteiger partial charge in [-0.25, -0.2) is 0 Å². The van der Waals surface area contributed by atoms with Crippen molar-refractivity contribution in [2.24, 2.45) is 0 Å². The maximum Gasteiger partial charge on any atom is 0.278 e. The number of nitriles is 1. The average molecular weight is 214 g/mol. The number of H-pyrrole nitrogens is 1. The molecular formula is C11H10N4O. The van der Waals surface area contributed by atoms with Crippen molar-refractivity contribution in [2.75, 3.05) is 0 Å². The number of fused-ring (bicyclic) bond motifs is 1. The summed E-state index contributed by atoms with van der Waals surface area (Å²) in [7, 11) is 0. The van der Waals surface area contributed by atoms with E-state index in [0.717, 1.165) is 24.1 Å². The Morgan fingerprint density at radius 3 is 3.00 bits per heavy atom. The van der Waals surface area contributed by atoms with Crippen LogP contribution in [0.5, 0.6) is 0 Å². The molecule has 0 aliphatic heterocycles. The molecular weight excluding hydrogens is 204 g/mol.